The first kappa shape index (κ1) is 14.6. The third-order valence-electron chi connectivity index (χ3n) is 3.59. The molecule has 0 spiro atoms. The van der Waals surface area contributed by atoms with Gasteiger partial charge >= 0.3 is 0 Å². The van der Waals surface area contributed by atoms with E-state index in [2.05, 4.69) is 5.32 Å². The van der Waals surface area contributed by atoms with E-state index in [1.165, 1.54) is 6.07 Å². The maximum Gasteiger partial charge on any atom is 0.240 e. The number of nitrogens with one attached hydrogen (secondary N) is 1. The third kappa shape index (κ3) is 2.70. The number of piperazine rings is 1. The van der Waals surface area contributed by atoms with E-state index in [-0.39, 0.29) is 23.8 Å². The zero-order valence-corrected chi connectivity index (χ0v) is 11.4. The summed E-state index contributed by atoms with van der Waals surface area (Å²) in [4.78, 5) is 25.6. The SMILES string of the molecule is CC1(C)C(=O)NCCN1CC(=O)c1ccc(F)c(F)c1. The monoisotopic (exact) mass is 282 g/mol. The second-order valence-corrected chi connectivity index (χ2v) is 5.29. The minimum atomic E-state index is -1.05. The molecule has 0 aromatic heterocycles. The summed E-state index contributed by atoms with van der Waals surface area (Å²) in [6, 6.07) is 3.06. The van der Waals surface area contributed by atoms with Gasteiger partial charge in [0.15, 0.2) is 17.4 Å². The number of rotatable bonds is 3. The van der Waals surface area contributed by atoms with Crippen molar-refractivity contribution >= 4 is 11.7 Å². The van der Waals surface area contributed by atoms with Gasteiger partial charge in [0.25, 0.3) is 0 Å². The minimum absolute atomic E-state index is 0.00844. The molecule has 1 aromatic rings. The lowest BCUT2D eigenvalue weighted by Gasteiger charge is -2.40. The Labute approximate surface area is 115 Å². The molecule has 2 rings (SSSR count). The van der Waals surface area contributed by atoms with Crippen molar-refractivity contribution in [1.82, 2.24) is 10.2 Å². The predicted molar refractivity (Wildman–Crippen MR) is 69.4 cm³/mol. The topological polar surface area (TPSA) is 49.4 Å². The summed E-state index contributed by atoms with van der Waals surface area (Å²) < 4.78 is 26.0. The Hall–Kier alpha value is -1.82. The first-order chi connectivity index (χ1) is 9.32. The molecular formula is C14H16F2N2O2. The van der Waals surface area contributed by atoms with Crippen molar-refractivity contribution in [3.05, 3.63) is 35.4 Å². The number of ketones is 1. The molecule has 6 heteroatoms. The fraction of sp³-hybridized carbons (Fsp3) is 0.429. The van der Waals surface area contributed by atoms with Gasteiger partial charge in [-0.3, -0.25) is 14.5 Å². The number of amides is 1. The van der Waals surface area contributed by atoms with Gasteiger partial charge in [-0.05, 0) is 32.0 Å². The summed E-state index contributed by atoms with van der Waals surface area (Å²) in [6.45, 7) is 4.44. The van der Waals surface area contributed by atoms with E-state index < -0.39 is 17.2 Å². The number of carbonyl (C=O) groups is 2. The van der Waals surface area contributed by atoms with Crippen molar-refractivity contribution in [1.29, 1.82) is 0 Å². The number of halogens is 2. The largest absolute Gasteiger partial charge is 0.353 e. The first-order valence-corrected chi connectivity index (χ1v) is 6.34. The van der Waals surface area contributed by atoms with Gasteiger partial charge in [-0.15, -0.1) is 0 Å². The second kappa shape index (κ2) is 5.28. The van der Waals surface area contributed by atoms with Crippen LogP contribution in [0.2, 0.25) is 0 Å². The van der Waals surface area contributed by atoms with Gasteiger partial charge in [0.05, 0.1) is 12.1 Å². The Kier molecular flexibility index (Phi) is 3.85. The van der Waals surface area contributed by atoms with Gasteiger partial charge in [-0.2, -0.15) is 0 Å². The van der Waals surface area contributed by atoms with Crippen LogP contribution in [-0.4, -0.2) is 41.8 Å². The van der Waals surface area contributed by atoms with E-state index in [0.29, 0.717) is 13.1 Å². The Morgan fingerprint density at radius 2 is 2.05 bits per heavy atom. The highest BCUT2D eigenvalue weighted by atomic mass is 19.2. The maximum atomic E-state index is 13.1. The van der Waals surface area contributed by atoms with Crippen molar-refractivity contribution in [2.24, 2.45) is 0 Å². The van der Waals surface area contributed by atoms with Crippen LogP contribution in [0.5, 0.6) is 0 Å². The molecule has 1 aromatic carbocycles. The average Bonchev–Trinajstić information content (AvgIpc) is 2.38. The molecule has 1 amide bonds. The molecule has 1 saturated heterocycles. The fourth-order valence-electron chi connectivity index (χ4n) is 2.15. The summed E-state index contributed by atoms with van der Waals surface area (Å²) in [6.07, 6.45) is 0. The molecule has 0 bridgehead atoms. The number of hydrogen-bond donors (Lipinski definition) is 1. The molecule has 0 unspecified atom stereocenters. The van der Waals surface area contributed by atoms with Crippen molar-refractivity contribution in [2.45, 2.75) is 19.4 Å². The highest BCUT2D eigenvalue weighted by Gasteiger charge is 2.38. The quantitative estimate of drug-likeness (QED) is 0.852. The lowest BCUT2D eigenvalue weighted by atomic mass is 9.97. The molecule has 1 fully saturated rings. The van der Waals surface area contributed by atoms with Gasteiger partial charge in [0, 0.05) is 18.7 Å². The van der Waals surface area contributed by atoms with Crippen LogP contribution in [0.4, 0.5) is 8.78 Å². The molecule has 0 saturated carbocycles. The van der Waals surface area contributed by atoms with E-state index in [9.17, 15) is 18.4 Å². The fourth-order valence-corrected chi connectivity index (χ4v) is 2.15. The molecule has 1 heterocycles. The van der Waals surface area contributed by atoms with E-state index >= 15 is 0 Å². The lowest BCUT2D eigenvalue weighted by molar-refractivity contribution is -0.134. The van der Waals surface area contributed by atoms with Crippen molar-refractivity contribution in [3.63, 3.8) is 0 Å². The van der Waals surface area contributed by atoms with Gasteiger partial charge < -0.3 is 5.32 Å². The van der Waals surface area contributed by atoms with Gasteiger partial charge in [0.1, 0.15) is 0 Å². The molecule has 1 aliphatic rings. The van der Waals surface area contributed by atoms with Crippen molar-refractivity contribution in [2.75, 3.05) is 19.6 Å². The first-order valence-electron chi connectivity index (χ1n) is 6.34. The molecule has 0 radical (unpaired) electrons. The van der Waals surface area contributed by atoms with E-state index in [1.807, 2.05) is 0 Å². The Bertz CT molecular complexity index is 558. The summed E-state index contributed by atoms with van der Waals surface area (Å²) in [5.41, 5.74) is -0.697. The number of benzene rings is 1. The van der Waals surface area contributed by atoms with Crippen LogP contribution < -0.4 is 5.32 Å². The maximum absolute atomic E-state index is 13.1. The molecule has 108 valence electrons. The zero-order chi connectivity index (χ0) is 14.9. The van der Waals surface area contributed by atoms with Crippen LogP contribution in [0.15, 0.2) is 18.2 Å². The van der Waals surface area contributed by atoms with Crippen molar-refractivity contribution < 1.29 is 18.4 Å². The van der Waals surface area contributed by atoms with Gasteiger partial charge in [-0.25, -0.2) is 8.78 Å². The lowest BCUT2D eigenvalue weighted by Crippen LogP contribution is -2.62. The molecule has 0 aliphatic carbocycles. The molecule has 0 atom stereocenters. The minimum Gasteiger partial charge on any atom is -0.353 e. The van der Waals surface area contributed by atoms with Crippen LogP contribution >= 0.6 is 0 Å². The van der Waals surface area contributed by atoms with Crippen LogP contribution in [0.3, 0.4) is 0 Å². The third-order valence-corrected chi connectivity index (χ3v) is 3.59. The Morgan fingerprint density at radius 3 is 2.70 bits per heavy atom. The predicted octanol–water partition coefficient (Wildman–Crippen LogP) is 1.36. The highest BCUT2D eigenvalue weighted by molar-refractivity contribution is 5.98. The number of hydrogen-bond acceptors (Lipinski definition) is 3. The van der Waals surface area contributed by atoms with Gasteiger partial charge in [-0.1, -0.05) is 0 Å². The summed E-state index contributed by atoms with van der Waals surface area (Å²) in [5.74, 6) is -2.53. The smallest absolute Gasteiger partial charge is 0.240 e. The highest BCUT2D eigenvalue weighted by Crippen LogP contribution is 2.18. The number of nitrogens with zero attached hydrogens (tertiary/aromatic N) is 1. The summed E-state index contributed by atoms with van der Waals surface area (Å²) in [7, 11) is 0. The van der Waals surface area contributed by atoms with Crippen molar-refractivity contribution in [3.8, 4) is 0 Å². The zero-order valence-electron chi connectivity index (χ0n) is 11.4. The van der Waals surface area contributed by atoms with Crippen LogP contribution in [0.25, 0.3) is 0 Å². The Morgan fingerprint density at radius 1 is 1.35 bits per heavy atom. The Balaban J connectivity index is 2.14. The van der Waals surface area contributed by atoms with Crippen LogP contribution in [0.1, 0.15) is 24.2 Å². The molecular weight excluding hydrogens is 266 g/mol. The van der Waals surface area contributed by atoms with E-state index in [4.69, 9.17) is 0 Å². The van der Waals surface area contributed by atoms with E-state index in [0.717, 1.165) is 12.1 Å². The molecule has 20 heavy (non-hydrogen) atoms. The summed E-state index contributed by atoms with van der Waals surface area (Å²) in [5, 5.41) is 2.73. The molecule has 1 aliphatic heterocycles. The normalized spacial score (nSPS) is 18.7. The van der Waals surface area contributed by atoms with Gasteiger partial charge in [0.2, 0.25) is 5.91 Å². The van der Waals surface area contributed by atoms with E-state index in [1.54, 1.807) is 18.7 Å². The molecule has 1 N–H and O–H groups in total. The summed E-state index contributed by atoms with van der Waals surface area (Å²) >= 11 is 0. The standard InChI is InChI=1S/C14H16F2N2O2/c1-14(2)13(20)17-5-6-18(14)8-12(19)9-3-4-10(15)11(16)7-9/h3-4,7H,5-6,8H2,1-2H3,(H,17,20). The molecule has 4 nitrogen and oxygen atoms in total. The number of Topliss-reactive ketones (excluding diaryl/α,β-unsaturated/α-hetero) is 1. The number of carbonyl (C=O) groups excluding carboxylic acids is 2. The second-order valence-electron chi connectivity index (χ2n) is 5.29. The average molecular weight is 282 g/mol. The van der Waals surface area contributed by atoms with Crippen LogP contribution in [-0.2, 0) is 4.79 Å². The van der Waals surface area contributed by atoms with Crippen LogP contribution in [0, 0.1) is 11.6 Å².